The van der Waals surface area contributed by atoms with Crippen molar-refractivity contribution in [2.45, 2.75) is 37.4 Å². The Morgan fingerprint density at radius 1 is 1.25 bits per heavy atom. The summed E-state index contributed by atoms with van der Waals surface area (Å²) in [5, 5.41) is 17.9. The van der Waals surface area contributed by atoms with Crippen LogP contribution in [-0.2, 0) is 23.0 Å². The Morgan fingerprint density at radius 3 is 2.79 bits per heavy atom. The van der Waals surface area contributed by atoms with E-state index < -0.39 is 10.0 Å². The molecule has 0 amide bonds. The number of aromatic hydroxyl groups is 1. The zero-order valence-corrected chi connectivity index (χ0v) is 17.8. The summed E-state index contributed by atoms with van der Waals surface area (Å²) in [6, 6.07) is 1.99. The van der Waals surface area contributed by atoms with E-state index in [0.29, 0.717) is 18.2 Å². The van der Waals surface area contributed by atoms with Gasteiger partial charge in [0.15, 0.2) is 21.6 Å². The van der Waals surface area contributed by atoms with Gasteiger partial charge in [-0.2, -0.15) is 8.75 Å². The summed E-state index contributed by atoms with van der Waals surface area (Å²) < 4.78 is 40.3. The first-order chi connectivity index (χ1) is 13.4. The molecule has 0 aliphatic heterocycles. The topological polar surface area (TPSA) is 129 Å². The second-order valence-corrected chi connectivity index (χ2v) is 9.27. The predicted molar refractivity (Wildman–Crippen MR) is 110 cm³/mol. The van der Waals surface area contributed by atoms with Crippen molar-refractivity contribution in [1.29, 1.82) is 0 Å². The Labute approximate surface area is 171 Å². The highest BCUT2D eigenvalue weighted by atomic mass is 32.2. The highest BCUT2D eigenvalue weighted by molar-refractivity contribution is 7.91. The SMILES string of the molecule is CCCc1coc(CNc2nsnc2Nc2csc(S(=O)(=O)NCC)c2O)c1. The fourth-order valence-electron chi connectivity index (χ4n) is 2.49. The summed E-state index contributed by atoms with van der Waals surface area (Å²) in [7, 11) is -3.74. The van der Waals surface area contributed by atoms with E-state index in [0.717, 1.165) is 47.2 Å². The van der Waals surface area contributed by atoms with Crippen LogP contribution in [0.4, 0.5) is 17.3 Å². The highest BCUT2D eigenvalue weighted by Gasteiger charge is 2.24. The van der Waals surface area contributed by atoms with Crippen LogP contribution in [0.1, 0.15) is 31.6 Å². The second kappa shape index (κ2) is 8.90. The van der Waals surface area contributed by atoms with Crippen LogP contribution in [0.2, 0.25) is 0 Å². The van der Waals surface area contributed by atoms with Crippen molar-refractivity contribution in [2.75, 3.05) is 17.2 Å². The van der Waals surface area contributed by atoms with Crippen molar-refractivity contribution in [3.63, 3.8) is 0 Å². The molecule has 0 unspecified atom stereocenters. The second-order valence-electron chi connectivity index (χ2n) is 5.90. The van der Waals surface area contributed by atoms with Crippen LogP contribution in [0, 0.1) is 0 Å². The molecule has 0 radical (unpaired) electrons. The number of aryl methyl sites for hydroxylation is 1. The summed E-state index contributed by atoms with van der Waals surface area (Å²) >= 11 is 1.92. The van der Waals surface area contributed by atoms with Gasteiger partial charge in [-0.3, -0.25) is 0 Å². The van der Waals surface area contributed by atoms with Gasteiger partial charge in [0.1, 0.15) is 5.76 Å². The molecule has 3 aromatic heterocycles. The average molecular weight is 444 g/mol. The van der Waals surface area contributed by atoms with Crippen LogP contribution in [0.3, 0.4) is 0 Å². The fourth-order valence-corrected chi connectivity index (χ4v) is 5.30. The van der Waals surface area contributed by atoms with Crippen molar-refractivity contribution in [3.05, 3.63) is 29.0 Å². The molecule has 0 atom stereocenters. The third-order valence-electron chi connectivity index (χ3n) is 3.73. The van der Waals surface area contributed by atoms with Gasteiger partial charge < -0.3 is 20.2 Å². The lowest BCUT2D eigenvalue weighted by Crippen LogP contribution is -2.22. The highest BCUT2D eigenvalue weighted by Crippen LogP contribution is 2.39. The smallest absolute Gasteiger partial charge is 0.253 e. The normalized spacial score (nSPS) is 11.6. The van der Waals surface area contributed by atoms with Gasteiger partial charge in [-0.25, -0.2) is 13.1 Å². The number of nitrogens with zero attached hydrogens (tertiary/aromatic N) is 2. The van der Waals surface area contributed by atoms with Crippen LogP contribution in [0.5, 0.6) is 5.75 Å². The van der Waals surface area contributed by atoms with Gasteiger partial charge in [-0.1, -0.05) is 20.3 Å². The Hall–Kier alpha value is -2.15. The minimum absolute atomic E-state index is 0.145. The molecule has 28 heavy (non-hydrogen) atoms. The maximum Gasteiger partial charge on any atom is 0.253 e. The molecule has 9 nitrogen and oxygen atoms in total. The Bertz CT molecular complexity index is 1020. The van der Waals surface area contributed by atoms with E-state index in [9.17, 15) is 13.5 Å². The van der Waals surface area contributed by atoms with E-state index in [1.807, 2.05) is 6.07 Å². The number of thiophene rings is 1. The number of furan rings is 1. The van der Waals surface area contributed by atoms with E-state index >= 15 is 0 Å². The zero-order valence-electron chi connectivity index (χ0n) is 15.4. The van der Waals surface area contributed by atoms with Gasteiger partial charge in [-0.05, 0) is 18.1 Å². The van der Waals surface area contributed by atoms with Gasteiger partial charge >= 0.3 is 0 Å². The average Bonchev–Trinajstić information content (AvgIpc) is 3.36. The van der Waals surface area contributed by atoms with Crippen LogP contribution in [0.15, 0.2) is 26.3 Å². The maximum absolute atomic E-state index is 12.1. The van der Waals surface area contributed by atoms with E-state index in [2.05, 4.69) is 31.0 Å². The third-order valence-corrected chi connectivity index (χ3v) is 7.32. The number of nitrogens with one attached hydrogen (secondary N) is 3. The first-order valence-corrected chi connectivity index (χ1v) is 11.7. The quantitative estimate of drug-likeness (QED) is 0.375. The maximum atomic E-state index is 12.1. The molecule has 0 aliphatic carbocycles. The molecule has 3 aromatic rings. The van der Waals surface area contributed by atoms with Crippen molar-refractivity contribution in [3.8, 4) is 5.75 Å². The Kier molecular flexibility index (Phi) is 6.54. The number of hydrogen-bond donors (Lipinski definition) is 4. The Balaban J connectivity index is 1.70. The van der Waals surface area contributed by atoms with Crippen LogP contribution in [-0.4, -0.2) is 28.8 Å². The molecule has 0 aliphatic rings. The van der Waals surface area contributed by atoms with Crippen molar-refractivity contribution in [1.82, 2.24) is 13.5 Å². The monoisotopic (exact) mass is 443 g/mol. The standard InChI is InChI=1S/C16H21N5O4S3/c1-3-5-10-6-11(25-8-10)7-17-14-15(21-27-20-14)19-12-9-26-16(13(12)22)28(23,24)18-4-2/h6,8-9,18,22H,3-5,7H2,1-2H3,(H,17,20)(H,19,21). The van der Waals surface area contributed by atoms with E-state index in [1.54, 1.807) is 13.2 Å². The number of rotatable bonds is 10. The van der Waals surface area contributed by atoms with E-state index in [-0.39, 0.29) is 22.2 Å². The van der Waals surface area contributed by atoms with E-state index in [1.165, 1.54) is 5.38 Å². The number of hydrogen-bond acceptors (Lipinski definition) is 10. The summed E-state index contributed by atoms with van der Waals surface area (Å²) in [5.41, 5.74) is 1.40. The lowest BCUT2D eigenvalue weighted by molar-refractivity contribution is 0.465. The Morgan fingerprint density at radius 2 is 2.04 bits per heavy atom. The van der Waals surface area contributed by atoms with Gasteiger partial charge in [0.25, 0.3) is 10.0 Å². The molecule has 3 rings (SSSR count). The third kappa shape index (κ3) is 4.63. The summed E-state index contributed by atoms with van der Waals surface area (Å²) in [6.07, 6.45) is 3.75. The number of aromatic nitrogens is 2. The van der Waals surface area contributed by atoms with Crippen molar-refractivity contribution < 1.29 is 17.9 Å². The molecule has 0 bridgehead atoms. The molecule has 0 spiro atoms. The van der Waals surface area contributed by atoms with E-state index in [4.69, 9.17) is 4.42 Å². The van der Waals surface area contributed by atoms with Crippen LogP contribution in [0.25, 0.3) is 0 Å². The summed E-state index contributed by atoms with van der Waals surface area (Å²) in [6.45, 7) is 4.45. The predicted octanol–water partition coefficient (Wildman–Crippen LogP) is 3.50. The van der Waals surface area contributed by atoms with Crippen molar-refractivity contribution >= 4 is 50.4 Å². The largest absolute Gasteiger partial charge is 0.504 e. The lowest BCUT2D eigenvalue weighted by atomic mass is 10.2. The zero-order chi connectivity index (χ0) is 20.1. The van der Waals surface area contributed by atoms with Crippen LogP contribution >= 0.6 is 23.1 Å². The first kappa shape index (κ1) is 20.6. The number of anilines is 3. The fraction of sp³-hybridized carbons (Fsp3) is 0.375. The molecule has 4 N–H and O–H groups in total. The van der Waals surface area contributed by atoms with Crippen molar-refractivity contribution in [2.24, 2.45) is 0 Å². The first-order valence-electron chi connectivity index (χ1n) is 8.64. The minimum Gasteiger partial charge on any atom is -0.504 e. The molecule has 3 heterocycles. The molecular weight excluding hydrogens is 422 g/mol. The molecular formula is C16H21N5O4S3. The van der Waals surface area contributed by atoms with Gasteiger partial charge in [0.05, 0.1) is 30.2 Å². The molecule has 0 aromatic carbocycles. The molecule has 0 fully saturated rings. The van der Waals surface area contributed by atoms with Gasteiger partial charge in [-0.15, -0.1) is 11.3 Å². The van der Waals surface area contributed by atoms with Gasteiger partial charge in [0, 0.05) is 11.9 Å². The summed E-state index contributed by atoms with van der Waals surface area (Å²) in [5.74, 6) is 1.31. The van der Waals surface area contributed by atoms with Crippen LogP contribution < -0.4 is 15.4 Å². The minimum atomic E-state index is -3.74. The summed E-state index contributed by atoms with van der Waals surface area (Å²) in [4.78, 5) is 0. The molecule has 0 saturated heterocycles. The molecule has 0 saturated carbocycles. The van der Waals surface area contributed by atoms with Gasteiger partial charge in [0.2, 0.25) is 0 Å². The lowest BCUT2D eigenvalue weighted by Gasteiger charge is -2.06. The molecule has 12 heteroatoms. The number of sulfonamides is 1. The molecule has 152 valence electrons.